The third-order valence-corrected chi connectivity index (χ3v) is 6.28. The average molecular weight is 518 g/mol. The van der Waals surface area contributed by atoms with Gasteiger partial charge < -0.3 is 19.6 Å². The number of benzene rings is 2. The highest BCUT2D eigenvalue weighted by Gasteiger charge is 2.48. The fourth-order valence-electron chi connectivity index (χ4n) is 4.18. The van der Waals surface area contributed by atoms with E-state index in [1.165, 1.54) is 25.6 Å². The molecule has 0 radical (unpaired) electrons. The van der Waals surface area contributed by atoms with Gasteiger partial charge >= 0.3 is 5.97 Å². The summed E-state index contributed by atoms with van der Waals surface area (Å²) in [4.78, 5) is 55.5. The van der Waals surface area contributed by atoms with Crippen LogP contribution >= 0.6 is 11.6 Å². The fourth-order valence-corrected chi connectivity index (χ4v) is 4.31. The van der Waals surface area contributed by atoms with Crippen molar-refractivity contribution in [2.45, 2.75) is 19.3 Å². The first-order valence-corrected chi connectivity index (χ1v) is 11.1. The Labute approximate surface area is 210 Å². The van der Waals surface area contributed by atoms with Crippen LogP contribution in [0.25, 0.3) is 10.9 Å². The van der Waals surface area contributed by atoms with Crippen LogP contribution in [-0.4, -0.2) is 64.8 Å². The van der Waals surface area contributed by atoms with Crippen molar-refractivity contribution in [3.05, 3.63) is 74.4 Å². The summed E-state index contributed by atoms with van der Waals surface area (Å²) in [7, 11) is 2.76. The van der Waals surface area contributed by atoms with Gasteiger partial charge in [0.15, 0.2) is 5.41 Å². The Balaban J connectivity index is 2.24. The monoisotopic (exact) mass is 517 g/mol. The van der Waals surface area contributed by atoms with Crippen molar-refractivity contribution >= 4 is 40.3 Å². The smallest absolute Gasteiger partial charge is 0.323 e. The Morgan fingerprint density at radius 2 is 1.83 bits per heavy atom. The maximum absolute atomic E-state index is 13.5. The first-order chi connectivity index (χ1) is 16.9. The van der Waals surface area contributed by atoms with Crippen molar-refractivity contribution in [1.29, 1.82) is 0 Å². The number of nitrogens with zero attached hydrogens (tertiary/aromatic N) is 3. The van der Waals surface area contributed by atoms with E-state index in [0.29, 0.717) is 27.2 Å². The van der Waals surface area contributed by atoms with E-state index in [2.05, 4.69) is 4.84 Å². The van der Waals surface area contributed by atoms with Crippen molar-refractivity contribution in [2.75, 3.05) is 27.3 Å². The zero-order chi connectivity index (χ0) is 26.8. The van der Waals surface area contributed by atoms with Crippen molar-refractivity contribution in [2.24, 2.45) is 0 Å². The quantitative estimate of drug-likeness (QED) is 0.259. The van der Waals surface area contributed by atoms with E-state index in [0.717, 1.165) is 4.90 Å². The van der Waals surface area contributed by atoms with Crippen molar-refractivity contribution < 1.29 is 34.2 Å². The van der Waals surface area contributed by atoms with Crippen LogP contribution in [0.5, 0.6) is 5.75 Å². The van der Waals surface area contributed by atoms with Crippen LogP contribution in [0.3, 0.4) is 0 Å². The van der Waals surface area contributed by atoms with Gasteiger partial charge in [-0.15, -0.1) is 10.1 Å². The minimum Gasteiger partial charge on any atom is -0.497 e. The van der Waals surface area contributed by atoms with E-state index in [1.807, 2.05) is 0 Å². The maximum atomic E-state index is 13.5. The first-order valence-electron chi connectivity index (χ1n) is 10.7. The molecule has 0 fully saturated rings. The summed E-state index contributed by atoms with van der Waals surface area (Å²) in [5, 5.41) is 20.5. The third kappa shape index (κ3) is 4.69. The summed E-state index contributed by atoms with van der Waals surface area (Å²) in [5.74, 6) is -2.35. The number of carboxylic acids is 1. The normalized spacial score (nSPS) is 12.6. The van der Waals surface area contributed by atoms with Gasteiger partial charge in [-0.3, -0.25) is 19.0 Å². The van der Waals surface area contributed by atoms with Crippen LogP contribution in [0, 0.1) is 17.0 Å². The van der Waals surface area contributed by atoms with Crippen molar-refractivity contribution in [1.82, 2.24) is 9.47 Å². The molecule has 1 atom stereocenters. The van der Waals surface area contributed by atoms with Crippen LogP contribution in [0.2, 0.25) is 5.02 Å². The highest BCUT2D eigenvalue weighted by atomic mass is 35.5. The lowest BCUT2D eigenvalue weighted by Crippen LogP contribution is -2.50. The highest BCUT2D eigenvalue weighted by molar-refractivity contribution is 6.30. The second kappa shape index (κ2) is 10.2. The molecular weight excluding hydrogens is 494 g/mol. The summed E-state index contributed by atoms with van der Waals surface area (Å²) in [6.45, 7) is 2.13. The molecule has 0 bridgehead atoms. The molecule has 1 unspecified atom stereocenters. The number of likely N-dealkylation sites (N-methyl/N-ethyl adjacent to an activating group) is 1. The molecule has 2 aromatic carbocycles. The average Bonchev–Trinajstić information content (AvgIpc) is 3.13. The predicted octanol–water partition coefficient (Wildman–Crippen LogP) is 3.31. The Hall–Kier alpha value is -4.12. The lowest BCUT2D eigenvalue weighted by molar-refractivity contribution is -0.757. The number of fused-ring (bicyclic) bond motifs is 1. The Morgan fingerprint density at radius 3 is 2.39 bits per heavy atom. The maximum Gasteiger partial charge on any atom is 0.323 e. The van der Waals surface area contributed by atoms with E-state index >= 15 is 0 Å². The van der Waals surface area contributed by atoms with Gasteiger partial charge in [0.25, 0.3) is 11.0 Å². The Kier molecular flexibility index (Phi) is 7.54. The summed E-state index contributed by atoms with van der Waals surface area (Å²) in [6.07, 6.45) is 0. The van der Waals surface area contributed by atoms with Crippen LogP contribution in [0.15, 0.2) is 42.5 Å². The minimum absolute atomic E-state index is 0.0956. The SMILES string of the molecule is COc1ccc2c(c1)c(C(C)(C(=O)O)C(=O)N(C)CCO[N+](=O)[O-])c(C)n2C(=O)c1ccc(Cl)cc1. The number of rotatable bonds is 9. The van der Waals surface area contributed by atoms with Crippen LogP contribution in [0.1, 0.15) is 28.5 Å². The zero-order valence-corrected chi connectivity index (χ0v) is 20.7. The van der Waals surface area contributed by atoms with E-state index in [4.69, 9.17) is 16.3 Å². The number of methoxy groups -OCH3 is 1. The number of ether oxygens (including phenoxy) is 1. The number of carbonyl (C=O) groups is 3. The summed E-state index contributed by atoms with van der Waals surface area (Å²) < 4.78 is 6.65. The van der Waals surface area contributed by atoms with Gasteiger partial charge in [0.05, 0.1) is 12.6 Å². The summed E-state index contributed by atoms with van der Waals surface area (Å²) >= 11 is 5.95. The van der Waals surface area contributed by atoms with Gasteiger partial charge in [-0.2, -0.15) is 0 Å². The number of carbonyl (C=O) groups excluding carboxylic acids is 2. The van der Waals surface area contributed by atoms with Gasteiger partial charge in [-0.25, -0.2) is 0 Å². The van der Waals surface area contributed by atoms with Crippen molar-refractivity contribution in [3.63, 3.8) is 0 Å². The summed E-state index contributed by atoms with van der Waals surface area (Å²) in [5.41, 5.74) is -1.13. The standard InChI is InChI=1S/C24H24ClN3O8/c1-14-20(24(2,23(31)32)22(30)26(3)11-12-36-28(33)34)18-13-17(35-4)9-10-19(18)27(14)21(29)15-5-7-16(25)8-6-15/h5-10,13H,11-12H2,1-4H3,(H,31,32). The van der Waals surface area contributed by atoms with Crippen molar-refractivity contribution in [3.8, 4) is 5.75 Å². The number of carboxylic acid groups (broad SMARTS) is 1. The largest absolute Gasteiger partial charge is 0.497 e. The summed E-state index contributed by atoms with van der Waals surface area (Å²) in [6, 6.07) is 11.0. The molecule has 3 aromatic rings. The molecule has 1 N–H and O–H groups in total. The second-order valence-electron chi connectivity index (χ2n) is 8.20. The number of aromatic nitrogens is 1. The molecule has 0 aliphatic rings. The fraction of sp³-hybridized carbons (Fsp3) is 0.292. The highest BCUT2D eigenvalue weighted by Crippen LogP contribution is 2.39. The van der Waals surface area contributed by atoms with Gasteiger partial charge in [-0.05, 0) is 56.3 Å². The minimum atomic E-state index is -2.15. The molecule has 11 nitrogen and oxygen atoms in total. The van der Waals surface area contributed by atoms with Crippen LogP contribution < -0.4 is 4.74 Å². The van der Waals surface area contributed by atoms with Gasteiger partial charge in [0.1, 0.15) is 12.4 Å². The number of amides is 1. The topological polar surface area (TPSA) is 141 Å². The van der Waals surface area contributed by atoms with Gasteiger partial charge in [0.2, 0.25) is 5.91 Å². The van der Waals surface area contributed by atoms with E-state index in [9.17, 15) is 29.6 Å². The molecule has 0 saturated carbocycles. The second-order valence-corrected chi connectivity index (χ2v) is 8.64. The number of hydrogen-bond acceptors (Lipinski definition) is 7. The molecule has 0 aliphatic heterocycles. The number of hydrogen-bond donors (Lipinski definition) is 1. The molecule has 36 heavy (non-hydrogen) atoms. The van der Waals surface area contributed by atoms with Gasteiger partial charge in [0, 0.05) is 40.8 Å². The van der Waals surface area contributed by atoms with Gasteiger partial charge in [-0.1, -0.05) is 11.6 Å². The van der Waals surface area contributed by atoms with E-state index < -0.39 is 34.9 Å². The number of halogens is 1. The van der Waals surface area contributed by atoms with Crippen LogP contribution in [0.4, 0.5) is 0 Å². The molecule has 0 spiro atoms. The molecule has 1 aromatic heterocycles. The number of aliphatic carboxylic acids is 1. The van der Waals surface area contributed by atoms with E-state index in [1.54, 1.807) is 49.4 Å². The molecule has 1 heterocycles. The molecule has 0 saturated heterocycles. The lowest BCUT2D eigenvalue weighted by atomic mass is 9.79. The Bertz CT molecular complexity index is 1350. The lowest BCUT2D eigenvalue weighted by Gasteiger charge is -2.30. The molecule has 3 rings (SSSR count). The van der Waals surface area contributed by atoms with Crippen LogP contribution in [-0.2, 0) is 19.8 Å². The third-order valence-electron chi connectivity index (χ3n) is 6.03. The molecule has 190 valence electrons. The molecule has 1 amide bonds. The predicted molar refractivity (Wildman–Crippen MR) is 130 cm³/mol. The molecule has 0 aliphatic carbocycles. The zero-order valence-electron chi connectivity index (χ0n) is 20.0. The van der Waals surface area contributed by atoms with E-state index in [-0.39, 0.29) is 17.8 Å². The molecule has 12 heteroatoms. The molecular formula is C24H24ClN3O8. The Morgan fingerprint density at radius 1 is 1.19 bits per heavy atom. The first kappa shape index (κ1) is 26.5.